The van der Waals surface area contributed by atoms with Gasteiger partial charge in [-0.25, -0.2) is 4.98 Å². The van der Waals surface area contributed by atoms with Crippen LogP contribution in [0.1, 0.15) is 5.56 Å². The lowest BCUT2D eigenvalue weighted by Crippen LogP contribution is -1.89. The third-order valence-corrected chi connectivity index (χ3v) is 4.65. The van der Waals surface area contributed by atoms with Crippen LogP contribution in [-0.2, 0) is 0 Å². The molecule has 1 heterocycles. The monoisotopic (exact) mass is 333 g/mol. The third kappa shape index (κ3) is 2.57. The zero-order valence-corrected chi connectivity index (χ0v) is 12.7. The molecule has 0 fully saturated rings. The average molecular weight is 334 g/mol. The molecule has 0 saturated carbocycles. The first-order chi connectivity index (χ1) is 9.11. The minimum Gasteiger partial charge on any atom is -0.399 e. The maximum absolute atomic E-state index is 5.78. The van der Waals surface area contributed by atoms with E-state index in [1.807, 2.05) is 30.3 Å². The molecule has 0 aliphatic rings. The molecule has 19 heavy (non-hydrogen) atoms. The number of rotatable bonds is 2. The van der Waals surface area contributed by atoms with Crippen LogP contribution in [0.5, 0.6) is 0 Å². The highest BCUT2D eigenvalue weighted by molar-refractivity contribution is 9.10. The number of aryl methyl sites for hydroxylation is 1. The zero-order chi connectivity index (χ0) is 13.4. The van der Waals surface area contributed by atoms with Gasteiger partial charge in [0, 0.05) is 15.8 Å². The number of halogens is 1. The van der Waals surface area contributed by atoms with Gasteiger partial charge in [-0.1, -0.05) is 27.3 Å². The number of aromatic nitrogens is 1. The number of nitrogens with zero attached hydrogens (tertiary/aromatic N) is 1. The van der Waals surface area contributed by atoms with Gasteiger partial charge in [-0.05, 0) is 48.9 Å². The smallest absolute Gasteiger partial charge is 0.188 e. The Balaban J connectivity index is 1.94. The van der Waals surface area contributed by atoms with Gasteiger partial charge < -0.3 is 11.1 Å². The fourth-order valence-corrected chi connectivity index (χ4v) is 3.02. The summed E-state index contributed by atoms with van der Waals surface area (Å²) in [5.74, 6) is 0. The van der Waals surface area contributed by atoms with Gasteiger partial charge in [-0.2, -0.15) is 0 Å². The maximum Gasteiger partial charge on any atom is 0.188 e. The number of hydrogen-bond donors (Lipinski definition) is 2. The summed E-state index contributed by atoms with van der Waals surface area (Å²) in [6.45, 7) is 2.06. The molecule has 96 valence electrons. The molecule has 3 nitrogen and oxygen atoms in total. The van der Waals surface area contributed by atoms with Crippen LogP contribution in [0, 0.1) is 6.92 Å². The molecule has 3 N–H and O–H groups in total. The highest BCUT2D eigenvalue weighted by Gasteiger charge is 2.05. The second kappa shape index (κ2) is 4.83. The van der Waals surface area contributed by atoms with E-state index in [1.165, 1.54) is 5.56 Å². The molecule has 3 aromatic rings. The van der Waals surface area contributed by atoms with Crippen molar-refractivity contribution in [2.24, 2.45) is 0 Å². The van der Waals surface area contributed by atoms with E-state index in [0.29, 0.717) is 0 Å². The number of anilines is 3. The molecule has 0 radical (unpaired) electrons. The van der Waals surface area contributed by atoms with E-state index in [2.05, 4.69) is 39.2 Å². The van der Waals surface area contributed by atoms with E-state index in [4.69, 9.17) is 5.73 Å². The topological polar surface area (TPSA) is 50.9 Å². The predicted octanol–water partition coefficient (Wildman–Crippen LogP) is 4.69. The molecule has 0 unspecified atom stereocenters. The van der Waals surface area contributed by atoms with Crippen LogP contribution in [0.2, 0.25) is 0 Å². The van der Waals surface area contributed by atoms with E-state index in [-0.39, 0.29) is 0 Å². The number of nitrogens with one attached hydrogen (secondary N) is 1. The van der Waals surface area contributed by atoms with Gasteiger partial charge in [0.1, 0.15) is 0 Å². The Morgan fingerprint density at radius 1 is 1.21 bits per heavy atom. The van der Waals surface area contributed by atoms with Crippen molar-refractivity contribution in [3.05, 3.63) is 46.4 Å². The Labute approximate surface area is 123 Å². The van der Waals surface area contributed by atoms with Gasteiger partial charge in [-0.15, -0.1) is 0 Å². The first kappa shape index (κ1) is 12.4. The van der Waals surface area contributed by atoms with Crippen molar-refractivity contribution in [2.75, 3.05) is 11.1 Å². The summed E-state index contributed by atoms with van der Waals surface area (Å²) in [6, 6.07) is 11.9. The zero-order valence-electron chi connectivity index (χ0n) is 10.3. The molecule has 1 aromatic heterocycles. The maximum atomic E-state index is 5.78. The molecule has 0 bridgehead atoms. The predicted molar refractivity (Wildman–Crippen MR) is 86.2 cm³/mol. The lowest BCUT2D eigenvalue weighted by molar-refractivity contribution is 1.40. The fourth-order valence-electron chi connectivity index (χ4n) is 1.84. The van der Waals surface area contributed by atoms with Crippen molar-refractivity contribution in [1.82, 2.24) is 4.98 Å². The quantitative estimate of drug-likeness (QED) is 0.668. The number of thiazole rings is 1. The Morgan fingerprint density at radius 2 is 2.05 bits per heavy atom. The van der Waals surface area contributed by atoms with Gasteiger partial charge >= 0.3 is 0 Å². The molecule has 0 saturated heterocycles. The Hall–Kier alpha value is -1.59. The molecule has 2 aromatic carbocycles. The summed E-state index contributed by atoms with van der Waals surface area (Å²) >= 11 is 5.10. The van der Waals surface area contributed by atoms with Gasteiger partial charge in [0.25, 0.3) is 0 Å². The molecule has 0 aliphatic heterocycles. The van der Waals surface area contributed by atoms with E-state index in [9.17, 15) is 0 Å². The molecule has 0 amide bonds. The van der Waals surface area contributed by atoms with Crippen LogP contribution >= 0.6 is 27.3 Å². The minimum atomic E-state index is 0.766. The Morgan fingerprint density at radius 3 is 2.84 bits per heavy atom. The lowest BCUT2D eigenvalue weighted by Gasteiger charge is -2.04. The largest absolute Gasteiger partial charge is 0.399 e. The molecular weight excluding hydrogens is 322 g/mol. The first-order valence-corrected chi connectivity index (χ1v) is 7.42. The van der Waals surface area contributed by atoms with Crippen LogP contribution in [0.15, 0.2) is 40.9 Å². The van der Waals surface area contributed by atoms with Crippen molar-refractivity contribution in [2.45, 2.75) is 6.92 Å². The number of hydrogen-bond acceptors (Lipinski definition) is 4. The van der Waals surface area contributed by atoms with Crippen LogP contribution in [0.4, 0.5) is 16.5 Å². The van der Waals surface area contributed by atoms with E-state index >= 15 is 0 Å². The molecule has 3 rings (SSSR count). The van der Waals surface area contributed by atoms with Crippen molar-refractivity contribution in [3.8, 4) is 0 Å². The summed E-state index contributed by atoms with van der Waals surface area (Å²) in [5, 5.41) is 4.20. The molecule has 0 spiro atoms. The first-order valence-electron chi connectivity index (χ1n) is 5.81. The van der Waals surface area contributed by atoms with Crippen molar-refractivity contribution < 1.29 is 0 Å². The van der Waals surface area contributed by atoms with Crippen LogP contribution in [0.3, 0.4) is 0 Å². The summed E-state index contributed by atoms with van der Waals surface area (Å²) < 4.78 is 2.20. The Kier molecular flexibility index (Phi) is 3.16. The summed E-state index contributed by atoms with van der Waals surface area (Å²) in [5.41, 5.74) is 9.73. The van der Waals surface area contributed by atoms with E-state index < -0.39 is 0 Å². The lowest BCUT2D eigenvalue weighted by atomic mass is 10.2. The number of fused-ring (bicyclic) bond motifs is 1. The molecule has 0 atom stereocenters. The minimum absolute atomic E-state index is 0.766. The molecular formula is C14H12BrN3S. The van der Waals surface area contributed by atoms with Crippen LogP contribution in [-0.4, -0.2) is 4.98 Å². The Bertz CT molecular complexity index is 752. The average Bonchev–Trinajstić information content (AvgIpc) is 2.75. The number of nitrogens with two attached hydrogens (primary N) is 1. The summed E-state index contributed by atoms with van der Waals surface area (Å²) in [6.07, 6.45) is 0. The van der Waals surface area contributed by atoms with Crippen molar-refractivity contribution in [3.63, 3.8) is 0 Å². The van der Waals surface area contributed by atoms with E-state index in [1.54, 1.807) is 11.3 Å². The van der Waals surface area contributed by atoms with Gasteiger partial charge in [0.15, 0.2) is 5.13 Å². The van der Waals surface area contributed by atoms with Gasteiger partial charge in [0.05, 0.1) is 10.2 Å². The van der Waals surface area contributed by atoms with Crippen molar-refractivity contribution in [1.29, 1.82) is 0 Å². The standard InChI is InChI=1S/C14H12BrN3S/c1-8-6-10(3-4-11(8)15)17-14-18-12-5-2-9(16)7-13(12)19-14/h2-7H,16H2,1H3,(H,17,18). The van der Waals surface area contributed by atoms with Crippen molar-refractivity contribution >= 4 is 54.0 Å². The van der Waals surface area contributed by atoms with E-state index in [0.717, 1.165) is 31.2 Å². The fraction of sp³-hybridized carbons (Fsp3) is 0.0714. The highest BCUT2D eigenvalue weighted by Crippen LogP contribution is 2.30. The summed E-state index contributed by atoms with van der Waals surface area (Å²) in [7, 11) is 0. The summed E-state index contributed by atoms with van der Waals surface area (Å²) in [4.78, 5) is 4.54. The van der Waals surface area contributed by atoms with Gasteiger partial charge in [0.2, 0.25) is 0 Å². The van der Waals surface area contributed by atoms with Crippen LogP contribution in [0.25, 0.3) is 10.2 Å². The van der Waals surface area contributed by atoms with Gasteiger partial charge in [-0.3, -0.25) is 0 Å². The third-order valence-electron chi connectivity index (χ3n) is 2.82. The number of benzene rings is 2. The normalized spacial score (nSPS) is 10.8. The second-order valence-electron chi connectivity index (χ2n) is 4.34. The number of nitrogen functional groups attached to an aromatic ring is 1. The SMILES string of the molecule is Cc1cc(Nc2nc3ccc(N)cc3s2)ccc1Br. The van der Waals surface area contributed by atoms with Crippen LogP contribution < -0.4 is 11.1 Å². The molecule has 5 heteroatoms. The second-order valence-corrected chi connectivity index (χ2v) is 6.22. The molecule has 0 aliphatic carbocycles. The highest BCUT2D eigenvalue weighted by atomic mass is 79.9.